The van der Waals surface area contributed by atoms with E-state index in [4.69, 9.17) is 22.6 Å². The molecule has 7 heteroatoms. The fraction of sp³-hybridized carbons (Fsp3) is 0.500. The lowest BCUT2D eigenvalue weighted by Gasteiger charge is -2.33. The Labute approximate surface area is 113 Å². The van der Waals surface area contributed by atoms with E-state index in [1.54, 1.807) is 6.92 Å². The molecular weight excluding hydrogens is 242 g/mol. The van der Waals surface area contributed by atoms with Crippen LogP contribution in [-0.2, 0) is 0 Å². The van der Waals surface area contributed by atoms with E-state index >= 15 is 0 Å². The predicted molar refractivity (Wildman–Crippen MR) is 78.6 cm³/mol. The molecule has 1 aliphatic heterocycles. The lowest BCUT2D eigenvalue weighted by atomic mass is 10.3. The lowest BCUT2D eigenvalue weighted by molar-refractivity contribution is 0.215. The minimum Gasteiger partial charge on any atom is -0.402 e. The summed E-state index contributed by atoms with van der Waals surface area (Å²) in [5.74, 6) is 0.800. The van der Waals surface area contributed by atoms with Crippen LogP contribution in [0.1, 0.15) is 6.92 Å². The SMILES string of the molecule is CC(N)=CC(N)=NC(N)=CC(=N)N1CCN(C)CC1. The summed E-state index contributed by atoms with van der Waals surface area (Å²) in [7, 11) is 2.07. The van der Waals surface area contributed by atoms with Gasteiger partial charge >= 0.3 is 0 Å². The van der Waals surface area contributed by atoms with Crippen molar-refractivity contribution in [3.05, 3.63) is 23.7 Å². The number of allylic oxidation sites excluding steroid dienone is 1. The fourth-order valence-electron chi connectivity index (χ4n) is 1.73. The monoisotopic (exact) mass is 265 g/mol. The molecule has 0 spiro atoms. The number of piperazine rings is 1. The zero-order valence-corrected chi connectivity index (χ0v) is 11.6. The molecule has 0 atom stereocenters. The lowest BCUT2D eigenvalue weighted by Crippen LogP contribution is -2.46. The van der Waals surface area contributed by atoms with Crippen LogP contribution in [0.15, 0.2) is 28.7 Å². The van der Waals surface area contributed by atoms with Gasteiger partial charge in [-0.2, -0.15) is 0 Å². The molecule has 7 nitrogen and oxygen atoms in total. The van der Waals surface area contributed by atoms with Crippen molar-refractivity contribution >= 4 is 11.7 Å². The Kier molecular flexibility index (Phi) is 5.37. The molecule has 0 unspecified atom stereocenters. The number of hydrogen-bond donors (Lipinski definition) is 4. The largest absolute Gasteiger partial charge is 0.402 e. The third-order valence-electron chi connectivity index (χ3n) is 2.76. The highest BCUT2D eigenvalue weighted by atomic mass is 15.3. The van der Waals surface area contributed by atoms with Crippen molar-refractivity contribution in [2.45, 2.75) is 6.92 Å². The Morgan fingerprint density at radius 3 is 2.21 bits per heavy atom. The van der Waals surface area contributed by atoms with Crippen molar-refractivity contribution in [1.82, 2.24) is 9.80 Å². The van der Waals surface area contributed by atoms with Gasteiger partial charge in [-0.05, 0) is 20.0 Å². The van der Waals surface area contributed by atoms with Gasteiger partial charge in [-0.25, -0.2) is 4.99 Å². The minimum atomic E-state index is 0.207. The van der Waals surface area contributed by atoms with E-state index in [-0.39, 0.29) is 11.7 Å². The molecule has 0 radical (unpaired) electrons. The number of hydrogen-bond acceptors (Lipinski definition) is 5. The molecule has 7 N–H and O–H groups in total. The van der Waals surface area contributed by atoms with Gasteiger partial charge in [-0.15, -0.1) is 0 Å². The maximum atomic E-state index is 7.97. The molecule has 0 saturated carbocycles. The summed E-state index contributed by atoms with van der Waals surface area (Å²) >= 11 is 0. The topological polar surface area (TPSA) is 121 Å². The number of rotatable bonds is 3. The summed E-state index contributed by atoms with van der Waals surface area (Å²) < 4.78 is 0. The van der Waals surface area contributed by atoms with Crippen LogP contribution in [0.25, 0.3) is 0 Å². The van der Waals surface area contributed by atoms with E-state index in [0.717, 1.165) is 26.2 Å². The fourth-order valence-corrected chi connectivity index (χ4v) is 1.73. The van der Waals surface area contributed by atoms with Crippen LogP contribution in [0.2, 0.25) is 0 Å². The van der Waals surface area contributed by atoms with Crippen molar-refractivity contribution in [3.63, 3.8) is 0 Å². The summed E-state index contributed by atoms with van der Waals surface area (Å²) in [5, 5.41) is 7.97. The Hall–Kier alpha value is -2.02. The highest BCUT2D eigenvalue weighted by molar-refractivity contribution is 5.94. The van der Waals surface area contributed by atoms with E-state index in [2.05, 4.69) is 16.9 Å². The van der Waals surface area contributed by atoms with E-state index in [1.165, 1.54) is 12.2 Å². The maximum Gasteiger partial charge on any atom is 0.129 e. The molecule has 0 aromatic carbocycles. The second-order valence-corrected chi connectivity index (χ2v) is 4.67. The van der Waals surface area contributed by atoms with Gasteiger partial charge in [0.15, 0.2) is 0 Å². The third-order valence-corrected chi connectivity index (χ3v) is 2.76. The average Bonchev–Trinajstić information content (AvgIpc) is 2.27. The minimum absolute atomic E-state index is 0.207. The van der Waals surface area contributed by atoms with Crippen LogP contribution >= 0.6 is 0 Å². The number of likely N-dealkylation sites (N-methyl/N-ethyl adjacent to an activating group) is 1. The van der Waals surface area contributed by atoms with Crippen molar-refractivity contribution in [1.29, 1.82) is 5.41 Å². The van der Waals surface area contributed by atoms with Gasteiger partial charge in [0.2, 0.25) is 0 Å². The normalized spacial score (nSPS) is 19.7. The van der Waals surface area contributed by atoms with Gasteiger partial charge < -0.3 is 27.0 Å². The summed E-state index contributed by atoms with van der Waals surface area (Å²) in [6.45, 7) is 5.24. The van der Waals surface area contributed by atoms with Crippen LogP contribution in [-0.4, -0.2) is 54.7 Å². The molecule has 0 aromatic heterocycles. The van der Waals surface area contributed by atoms with E-state index in [1.807, 2.05) is 4.90 Å². The first-order valence-corrected chi connectivity index (χ1v) is 6.15. The number of nitrogens with one attached hydrogen (secondary N) is 1. The van der Waals surface area contributed by atoms with E-state index < -0.39 is 0 Å². The van der Waals surface area contributed by atoms with Crippen LogP contribution in [0.5, 0.6) is 0 Å². The third kappa shape index (κ3) is 5.43. The zero-order valence-electron chi connectivity index (χ0n) is 11.6. The molecule has 1 heterocycles. The van der Waals surface area contributed by atoms with E-state index in [0.29, 0.717) is 11.5 Å². The molecule has 1 rings (SSSR count). The summed E-state index contributed by atoms with van der Waals surface area (Å²) in [6, 6.07) is 0. The molecular formula is C12H23N7. The Bertz CT molecular complexity index is 410. The molecule has 1 saturated heterocycles. The van der Waals surface area contributed by atoms with Crippen molar-refractivity contribution in [2.24, 2.45) is 22.2 Å². The van der Waals surface area contributed by atoms with Crippen LogP contribution in [0, 0.1) is 5.41 Å². The first-order valence-electron chi connectivity index (χ1n) is 6.15. The van der Waals surface area contributed by atoms with Crippen molar-refractivity contribution in [2.75, 3.05) is 33.2 Å². The summed E-state index contributed by atoms with van der Waals surface area (Å²) in [5.41, 5.74) is 17.4. The molecule has 1 aliphatic rings. The van der Waals surface area contributed by atoms with Gasteiger partial charge in [-0.1, -0.05) is 0 Å². The highest BCUT2D eigenvalue weighted by Crippen LogP contribution is 2.02. The molecule has 0 aliphatic carbocycles. The second-order valence-electron chi connectivity index (χ2n) is 4.67. The van der Waals surface area contributed by atoms with Crippen molar-refractivity contribution < 1.29 is 0 Å². The van der Waals surface area contributed by atoms with Gasteiger partial charge in [0.25, 0.3) is 0 Å². The summed E-state index contributed by atoms with van der Waals surface area (Å²) in [4.78, 5) is 8.15. The Morgan fingerprint density at radius 2 is 1.68 bits per heavy atom. The Morgan fingerprint density at radius 1 is 1.11 bits per heavy atom. The molecule has 19 heavy (non-hydrogen) atoms. The molecule has 0 bridgehead atoms. The summed E-state index contributed by atoms with van der Waals surface area (Å²) in [6.07, 6.45) is 3.04. The Balaban J connectivity index is 2.63. The number of amidine groups is 2. The van der Waals surface area contributed by atoms with Gasteiger partial charge in [-0.3, -0.25) is 5.41 Å². The number of nitrogens with zero attached hydrogens (tertiary/aromatic N) is 3. The molecule has 0 amide bonds. The van der Waals surface area contributed by atoms with Crippen LogP contribution < -0.4 is 17.2 Å². The first-order chi connectivity index (χ1) is 8.88. The average molecular weight is 265 g/mol. The quantitative estimate of drug-likeness (QED) is 0.394. The smallest absolute Gasteiger partial charge is 0.129 e. The highest BCUT2D eigenvalue weighted by Gasteiger charge is 2.15. The van der Waals surface area contributed by atoms with Crippen LogP contribution in [0.3, 0.4) is 0 Å². The van der Waals surface area contributed by atoms with Gasteiger partial charge in [0.1, 0.15) is 17.5 Å². The molecule has 106 valence electrons. The van der Waals surface area contributed by atoms with Crippen LogP contribution in [0.4, 0.5) is 0 Å². The number of aliphatic imine (C=N–C) groups is 1. The zero-order chi connectivity index (χ0) is 14.4. The van der Waals surface area contributed by atoms with Crippen molar-refractivity contribution in [3.8, 4) is 0 Å². The van der Waals surface area contributed by atoms with Gasteiger partial charge in [0, 0.05) is 38.0 Å². The van der Waals surface area contributed by atoms with E-state index in [9.17, 15) is 0 Å². The predicted octanol–water partition coefficient (Wildman–Crippen LogP) is -0.769. The molecule has 0 aromatic rings. The standard InChI is InChI=1S/C12H23N7/c1-9(13)7-10(14)17-11(15)8-12(16)19-5-3-18(2)4-6-19/h7-8,16H,3-6,13,15H2,1-2H3,(H2,14,17). The van der Waals surface area contributed by atoms with Gasteiger partial charge in [0.05, 0.1) is 0 Å². The first kappa shape index (κ1) is 15.0. The maximum absolute atomic E-state index is 7.97. The second kappa shape index (κ2) is 6.79. The molecule has 1 fully saturated rings. The number of nitrogens with two attached hydrogens (primary N) is 3.